The van der Waals surface area contributed by atoms with Crippen molar-refractivity contribution < 1.29 is 13.3 Å². The van der Waals surface area contributed by atoms with Gasteiger partial charge in [-0.05, 0) is 13.3 Å². The normalized spacial score (nSPS) is 22.8. The summed E-state index contributed by atoms with van der Waals surface area (Å²) < 4.78 is 23.9. The quantitative estimate of drug-likeness (QED) is 0.597. The maximum absolute atomic E-state index is 11.3. The lowest BCUT2D eigenvalue weighted by molar-refractivity contribution is -0.385. The van der Waals surface area contributed by atoms with E-state index in [4.69, 9.17) is 11.6 Å². The van der Waals surface area contributed by atoms with Gasteiger partial charge in [-0.3, -0.25) is 10.1 Å². The highest BCUT2D eigenvalue weighted by molar-refractivity contribution is 7.91. The number of rotatable bonds is 2. The van der Waals surface area contributed by atoms with E-state index < -0.39 is 20.8 Å². The van der Waals surface area contributed by atoms with Gasteiger partial charge in [0.25, 0.3) is 0 Å². The van der Waals surface area contributed by atoms with Crippen molar-refractivity contribution in [2.45, 2.75) is 19.4 Å². The Balaban J connectivity index is 2.42. The largest absolute Gasteiger partial charge is 0.328 e. The predicted molar refractivity (Wildman–Crippen MR) is 60.9 cm³/mol. The Morgan fingerprint density at radius 1 is 1.59 bits per heavy atom. The zero-order valence-corrected chi connectivity index (χ0v) is 10.5. The zero-order valence-electron chi connectivity index (χ0n) is 8.96. The van der Waals surface area contributed by atoms with E-state index in [2.05, 4.69) is 5.10 Å². The van der Waals surface area contributed by atoms with Crippen LogP contribution in [0, 0.1) is 17.0 Å². The fourth-order valence-corrected chi connectivity index (χ4v) is 4.00. The Morgan fingerprint density at radius 3 is 2.65 bits per heavy atom. The molecule has 1 atom stereocenters. The van der Waals surface area contributed by atoms with E-state index in [0.29, 0.717) is 6.42 Å². The van der Waals surface area contributed by atoms with Crippen LogP contribution in [-0.2, 0) is 9.84 Å². The van der Waals surface area contributed by atoms with Crippen molar-refractivity contribution in [1.29, 1.82) is 0 Å². The summed E-state index contributed by atoms with van der Waals surface area (Å²) in [7, 11) is -3.07. The van der Waals surface area contributed by atoms with Crippen molar-refractivity contribution in [2.75, 3.05) is 11.5 Å². The number of nitrogens with zero attached hydrogens (tertiary/aromatic N) is 3. The molecule has 7 nitrogen and oxygen atoms in total. The van der Waals surface area contributed by atoms with Gasteiger partial charge < -0.3 is 0 Å². The maximum atomic E-state index is 11.3. The Bertz CT molecular complexity index is 580. The molecule has 0 N–H and O–H groups in total. The second-order valence-electron chi connectivity index (χ2n) is 3.98. The molecule has 0 spiro atoms. The molecule has 1 aromatic heterocycles. The van der Waals surface area contributed by atoms with Crippen LogP contribution in [0.1, 0.15) is 18.2 Å². The van der Waals surface area contributed by atoms with Crippen LogP contribution < -0.4 is 0 Å². The molecule has 0 amide bonds. The van der Waals surface area contributed by atoms with Crippen LogP contribution >= 0.6 is 11.6 Å². The van der Waals surface area contributed by atoms with Crippen LogP contribution in [0.4, 0.5) is 5.69 Å². The van der Waals surface area contributed by atoms with Crippen molar-refractivity contribution >= 4 is 27.1 Å². The minimum absolute atomic E-state index is 0.0645. The van der Waals surface area contributed by atoms with Crippen LogP contribution in [0.15, 0.2) is 0 Å². The molecule has 1 aliphatic rings. The topological polar surface area (TPSA) is 95.1 Å². The van der Waals surface area contributed by atoms with Gasteiger partial charge in [0.05, 0.1) is 22.5 Å². The number of hydrogen-bond donors (Lipinski definition) is 0. The lowest BCUT2D eigenvalue weighted by Gasteiger charge is -2.08. The predicted octanol–water partition coefficient (Wildman–Crippen LogP) is 1.11. The van der Waals surface area contributed by atoms with Crippen molar-refractivity contribution in [1.82, 2.24) is 9.78 Å². The van der Waals surface area contributed by atoms with Crippen LogP contribution in [0.3, 0.4) is 0 Å². The molecule has 0 bridgehead atoms. The van der Waals surface area contributed by atoms with E-state index in [0.717, 1.165) is 0 Å². The van der Waals surface area contributed by atoms with Crippen LogP contribution in [-0.4, -0.2) is 34.6 Å². The number of sulfone groups is 1. The Labute approximate surface area is 102 Å². The first-order valence-corrected chi connectivity index (χ1v) is 7.11. The van der Waals surface area contributed by atoms with Crippen LogP contribution in [0.25, 0.3) is 0 Å². The molecule has 0 radical (unpaired) electrons. The maximum Gasteiger partial charge on any atom is 0.328 e. The van der Waals surface area contributed by atoms with Gasteiger partial charge in [-0.25, -0.2) is 13.1 Å². The Morgan fingerprint density at radius 2 is 2.24 bits per heavy atom. The standard InChI is InChI=1S/C8H10ClN3O4S/c1-5-7(12(13)14)8(9)11(10-5)6-2-3-17(15,16)4-6/h6H,2-4H2,1H3. The third-order valence-electron chi connectivity index (χ3n) is 2.73. The van der Waals surface area contributed by atoms with Gasteiger partial charge in [0.15, 0.2) is 9.84 Å². The second-order valence-corrected chi connectivity index (χ2v) is 6.57. The summed E-state index contributed by atoms with van der Waals surface area (Å²) in [4.78, 5) is 10.1. The molecule has 0 aliphatic carbocycles. The molecule has 94 valence electrons. The highest BCUT2D eigenvalue weighted by Gasteiger charge is 2.34. The zero-order chi connectivity index (χ0) is 12.8. The fourth-order valence-electron chi connectivity index (χ4n) is 1.93. The molecule has 17 heavy (non-hydrogen) atoms. The van der Waals surface area contributed by atoms with Gasteiger partial charge in [-0.2, -0.15) is 5.10 Å². The fraction of sp³-hybridized carbons (Fsp3) is 0.625. The van der Waals surface area contributed by atoms with Gasteiger partial charge in [-0.15, -0.1) is 0 Å². The molecule has 0 saturated carbocycles. The monoisotopic (exact) mass is 279 g/mol. The summed E-state index contributed by atoms with van der Waals surface area (Å²) in [6, 6.07) is -0.403. The van der Waals surface area contributed by atoms with Crippen LogP contribution in [0.5, 0.6) is 0 Å². The number of aryl methyl sites for hydroxylation is 1. The number of aromatic nitrogens is 2. The van der Waals surface area contributed by atoms with E-state index in [1.807, 2.05) is 0 Å². The SMILES string of the molecule is Cc1nn(C2CCS(=O)(=O)C2)c(Cl)c1[N+](=O)[O-]. The van der Waals surface area contributed by atoms with Crippen molar-refractivity contribution in [3.8, 4) is 0 Å². The molecule has 1 aliphatic heterocycles. The third kappa shape index (κ3) is 2.14. The van der Waals surface area contributed by atoms with Crippen molar-refractivity contribution in [2.24, 2.45) is 0 Å². The Kier molecular flexibility index (Phi) is 2.86. The number of nitro groups is 1. The molecule has 1 unspecified atom stereocenters. The molecular formula is C8H10ClN3O4S. The molecule has 1 saturated heterocycles. The summed E-state index contributed by atoms with van der Waals surface area (Å²) in [5.41, 5.74) is -0.0553. The lowest BCUT2D eigenvalue weighted by atomic mass is 10.3. The smallest absolute Gasteiger partial charge is 0.258 e. The minimum Gasteiger partial charge on any atom is -0.258 e. The van der Waals surface area contributed by atoms with Gasteiger partial charge >= 0.3 is 5.69 Å². The van der Waals surface area contributed by atoms with Crippen molar-refractivity contribution in [3.05, 3.63) is 21.0 Å². The number of hydrogen-bond acceptors (Lipinski definition) is 5. The molecule has 1 aromatic rings. The van der Waals surface area contributed by atoms with Gasteiger partial charge in [0.2, 0.25) is 5.15 Å². The first-order valence-electron chi connectivity index (χ1n) is 4.91. The van der Waals surface area contributed by atoms with Crippen LogP contribution in [0.2, 0.25) is 5.15 Å². The summed E-state index contributed by atoms with van der Waals surface area (Å²) in [5, 5.41) is 14.6. The van der Waals surface area contributed by atoms with E-state index in [-0.39, 0.29) is 28.0 Å². The molecule has 2 rings (SSSR count). The summed E-state index contributed by atoms with van der Waals surface area (Å²) >= 11 is 5.86. The van der Waals surface area contributed by atoms with Gasteiger partial charge in [0.1, 0.15) is 5.69 Å². The van der Waals surface area contributed by atoms with E-state index in [1.54, 1.807) is 0 Å². The third-order valence-corrected chi connectivity index (χ3v) is 4.84. The lowest BCUT2D eigenvalue weighted by Crippen LogP contribution is -2.12. The molecular weight excluding hydrogens is 270 g/mol. The molecule has 0 aromatic carbocycles. The van der Waals surface area contributed by atoms with Gasteiger partial charge in [0, 0.05) is 0 Å². The summed E-state index contributed by atoms with van der Waals surface area (Å²) in [5.74, 6) is 0.00565. The number of halogens is 1. The molecule has 2 heterocycles. The molecule has 1 fully saturated rings. The second kappa shape index (κ2) is 3.95. The van der Waals surface area contributed by atoms with E-state index >= 15 is 0 Å². The highest BCUT2D eigenvalue weighted by atomic mass is 35.5. The highest BCUT2D eigenvalue weighted by Crippen LogP contribution is 2.33. The van der Waals surface area contributed by atoms with E-state index in [1.165, 1.54) is 11.6 Å². The van der Waals surface area contributed by atoms with Crippen molar-refractivity contribution in [3.63, 3.8) is 0 Å². The average Bonchev–Trinajstić information content (AvgIpc) is 2.67. The first kappa shape index (κ1) is 12.3. The average molecular weight is 280 g/mol. The summed E-state index contributed by atoms with van der Waals surface area (Å²) in [6.45, 7) is 1.48. The van der Waals surface area contributed by atoms with E-state index in [9.17, 15) is 18.5 Å². The first-order chi connectivity index (χ1) is 7.82. The summed E-state index contributed by atoms with van der Waals surface area (Å²) in [6.07, 6.45) is 0.389. The Hall–Kier alpha value is -1.15. The van der Waals surface area contributed by atoms with Gasteiger partial charge in [-0.1, -0.05) is 11.6 Å². The minimum atomic E-state index is -3.07. The molecule has 9 heteroatoms.